The Morgan fingerprint density at radius 2 is 2.20 bits per heavy atom. The van der Waals surface area contributed by atoms with Crippen LogP contribution in [0.3, 0.4) is 0 Å². The second-order valence-electron chi connectivity index (χ2n) is 6.86. The Morgan fingerprint density at radius 1 is 1.40 bits per heavy atom. The third kappa shape index (κ3) is 2.42. The number of imidazole rings is 1. The quantitative estimate of drug-likeness (QED) is 0.756. The SMILES string of the molecule is CCOCc1nc2c(N)nc3cccc4c3c2n1[C@@H](C(C)(C)O)CO4. The molecule has 3 heterocycles. The topological polar surface area (TPSA) is 95.4 Å². The molecule has 1 aliphatic rings. The van der Waals surface area contributed by atoms with Crippen LogP contribution in [-0.2, 0) is 11.3 Å². The molecule has 0 amide bonds. The number of aromatic nitrogens is 3. The smallest absolute Gasteiger partial charge is 0.152 e. The maximum absolute atomic E-state index is 10.8. The molecule has 1 aromatic carbocycles. The van der Waals surface area contributed by atoms with Crippen LogP contribution in [0.2, 0.25) is 0 Å². The fraction of sp³-hybridized carbons (Fsp3) is 0.444. The minimum atomic E-state index is -1.01. The molecule has 25 heavy (non-hydrogen) atoms. The molecule has 1 aliphatic heterocycles. The first-order valence-electron chi connectivity index (χ1n) is 8.43. The highest BCUT2D eigenvalue weighted by Gasteiger charge is 2.36. The van der Waals surface area contributed by atoms with Gasteiger partial charge in [-0.25, -0.2) is 9.97 Å². The van der Waals surface area contributed by atoms with E-state index in [0.29, 0.717) is 37.0 Å². The summed E-state index contributed by atoms with van der Waals surface area (Å²) in [5.74, 6) is 1.81. The summed E-state index contributed by atoms with van der Waals surface area (Å²) in [6.45, 7) is 6.71. The van der Waals surface area contributed by atoms with Gasteiger partial charge in [-0.05, 0) is 32.9 Å². The number of rotatable bonds is 4. The van der Waals surface area contributed by atoms with Crippen molar-refractivity contribution in [1.29, 1.82) is 0 Å². The van der Waals surface area contributed by atoms with Crippen LogP contribution >= 0.6 is 0 Å². The molecule has 0 radical (unpaired) electrons. The first kappa shape index (κ1) is 16.1. The monoisotopic (exact) mass is 342 g/mol. The van der Waals surface area contributed by atoms with E-state index in [1.165, 1.54) is 0 Å². The number of pyridine rings is 1. The van der Waals surface area contributed by atoms with Gasteiger partial charge in [-0.3, -0.25) is 0 Å². The molecule has 3 aromatic rings. The number of hydrogen-bond acceptors (Lipinski definition) is 6. The van der Waals surface area contributed by atoms with Crippen molar-refractivity contribution in [3.8, 4) is 5.75 Å². The first-order valence-corrected chi connectivity index (χ1v) is 8.43. The van der Waals surface area contributed by atoms with E-state index in [9.17, 15) is 5.11 Å². The second-order valence-corrected chi connectivity index (χ2v) is 6.86. The van der Waals surface area contributed by atoms with Gasteiger partial charge in [0.2, 0.25) is 0 Å². The summed E-state index contributed by atoms with van der Waals surface area (Å²) >= 11 is 0. The normalized spacial score (nSPS) is 17.2. The summed E-state index contributed by atoms with van der Waals surface area (Å²) in [4.78, 5) is 9.17. The van der Waals surface area contributed by atoms with Gasteiger partial charge in [0.25, 0.3) is 0 Å². The van der Waals surface area contributed by atoms with Crippen LogP contribution in [0.25, 0.3) is 21.9 Å². The van der Waals surface area contributed by atoms with Crippen molar-refractivity contribution in [3.05, 3.63) is 24.0 Å². The molecule has 3 N–H and O–H groups in total. The van der Waals surface area contributed by atoms with E-state index in [-0.39, 0.29) is 6.04 Å². The lowest BCUT2D eigenvalue weighted by Crippen LogP contribution is -2.37. The maximum Gasteiger partial charge on any atom is 0.152 e. The highest BCUT2D eigenvalue weighted by molar-refractivity contribution is 6.09. The van der Waals surface area contributed by atoms with Gasteiger partial charge in [-0.15, -0.1) is 0 Å². The van der Waals surface area contributed by atoms with E-state index in [2.05, 4.69) is 4.98 Å². The lowest BCUT2D eigenvalue weighted by Gasteiger charge is -2.30. The number of hydrogen-bond donors (Lipinski definition) is 2. The second kappa shape index (κ2) is 5.57. The Hall–Kier alpha value is -2.38. The summed E-state index contributed by atoms with van der Waals surface area (Å²) in [5, 5.41) is 11.6. The molecule has 7 heteroatoms. The van der Waals surface area contributed by atoms with E-state index < -0.39 is 5.60 Å². The Balaban J connectivity index is 2.13. The number of aliphatic hydroxyl groups is 1. The molecule has 7 nitrogen and oxygen atoms in total. The molecule has 4 rings (SSSR count). The van der Waals surface area contributed by atoms with Gasteiger partial charge in [0.05, 0.1) is 28.1 Å². The van der Waals surface area contributed by atoms with Gasteiger partial charge in [0.15, 0.2) is 5.82 Å². The maximum atomic E-state index is 10.8. The number of nitrogens with two attached hydrogens (primary N) is 1. The van der Waals surface area contributed by atoms with Crippen molar-refractivity contribution in [2.45, 2.75) is 39.0 Å². The van der Waals surface area contributed by atoms with Crippen LogP contribution < -0.4 is 10.5 Å². The molecule has 0 spiro atoms. The van der Waals surface area contributed by atoms with E-state index in [1.807, 2.05) is 29.7 Å². The Labute approximate surface area is 145 Å². The summed E-state index contributed by atoms with van der Waals surface area (Å²) < 4.78 is 13.6. The van der Waals surface area contributed by atoms with E-state index >= 15 is 0 Å². The highest BCUT2D eigenvalue weighted by Crippen LogP contribution is 2.41. The summed E-state index contributed by atoms with van der Waals surface area (Å²) in [7, 11) is 0. The van der Waals surface area contributed by atoms with Crippen molar-refractivity contribution in [1.82, 2.24) is 14.5 Å². The van der Waals surface area contributed by atoms with Crippen LogP contribution in [-0.4, -0.2) is 38.5 Å². The van der Waals surface area contributed by atoms with Gasteiger partial charge in [0.1, 0.15) is 30.3 Å². The van der Waals surface area contributed by atoms with Gasteiger partial charge in [-0.2, -0.15) is 0 Å². The lowest BCUT2D eigenvalue weighted by atomic mass is 9.99. The fourth-order valence-corrected chi connectivity index (χ4v) is 3.44. The molecule has 0 fully saturated rings. The summed E-state index contributed by atoms with van der Waals surface area (Å²) in [5.41, 5.74) is 7.39. The standard InChI is InChI=1S/C18H22N4O3/c1-4-24-9-13-21-15-16-14-10(20-17(15)19)6-5-7-11(14)25-8-12(22(13)16)18(2,3)23/h5-7,12,23H,4,8-9H2,1-3H3,(H2,19,20)/t12-/m1/s1. The molecule has 0 unspecified atom stereocenters. The third-order valence-electron chi connectivity index (χ3n) is 4.67. The van der Waals surface area contributed by atoms with E-state index in [0.717, 1.165) is 22.2 Å². The molecule has 0 saturated carbocycles. The Bertz CT molecular complexity index is 958. The van der Waals surface area contributed by atoms with Crippen LogP contribution in [0.15, 0.2) is 18.2 Å². The van der Waals surface area contributed by atoms with Crippen molar-refractivity contribution >= 4 is 27.8 Å². The number of nitrogens with zero attached hydrogens (tertiary/aromatic N) is 3. The van der Waals surface area contributed by atoms with Crippen molar-refractivity contribution < 1.29 is 14.6 Å². The predicted octanol–water partition coefficient (Wildman–Crippen LogP) is 2.41. The zero-order valence-corrected chi connectivity index (χ0v) is 14.6. The van der Waals surface area contributed by atoms with Crippen LogP contribution in [0, 0.1) is 0 Å². The molecule has 2 aromatic heterocycles. The number of benzene rings is 1. The van der Waals surface area contributed by atoms with Crippen LogP contribution in [0.4, 0.5) is 5.82 Å². The molecule has 0 saturated heterocycles. The average molecular weight is 342 g/mol. The summed E-state index contributed by atoms with van der Waals surface area (Å²) in [6.07, 6.45) is 0. The zero-order valence-electron chi connectivity index (χ0n) is 14.6. The third-order valence-corrected chi connectivity index (χ3v) is 4.67. The predicted molar refractivity (Wildman–Crippen MR) is 95.6 cm³/mol. The van der Waals surface area contributed by atoms with Gasteiger partial charge in [-0.1, -0.05) is 6.07 Å². The molecule has 1 atom stereocenters. The summed E-state index contributed by atoms with van der Waals surface area (Å²) in [6, 6.07) is 5.38. The molecule has 0 aliphatic carbocycles. The van der Waals surface area contributed by atoms with Crippen molar-refractivity contribution in [2.24, 2.45) is 0 Å². The Kier molecular flexibility index (Phi) is 3.59. The van der Waals surface area contributed by atoms with E-state index in [1.54, 1.807) is 13.8 Å². The zero-order chi connectivity index (χ0) is 17.8. The van der Waals surface area contributed by atoms with Gasteiger partial charge < -0.3 is 24.9 Å². The largest absolute Gasteiger partial charge is 0.491 e. The molecular formula is C18H22N4O3. The molecular weight excluding hydrogens is 320 g/mol. The number of ether oxygens (including phenoxy) is 2. The fourth-order valence-electron chi connectivity index (χ4n) is 3.44. The van der Waals surface area contributed by atoms with Crippen LogP contribution in [0.1, 0.15) is 32.6 Å². The first-order chi connectivity index (χ1) is 11.9. The minimum Gasteiger partial charge on any atom is -0.491 e. The van der Waals surface area contributed by atoms with Crippen molar-refractivity contribution in [3.63, 3.8) is 0 Å². The van der Waals surface area contributed by atoms with Crippen LogP contribution in [0.5, 0.6) is 5.75 Å². The van der Waals surface area contributed by atoms with Gasteiger partial charge >= 0.3 is 0 Å². The van der Waals surface area contributed by atoms with E-state index in [4.69, 9.17) is 20.2 Å². The van der Waals surface area contributed by atoms with Crippen molar-refractivity contribution in [2.75, 3.05) is 18.9 Å². The highest BCUT2D eigenvalue weighted by atomic mass is 16.5. The van der Waals surface area contributed by atoms with Gasteiger partial charge in [0, 0.05) is 6.61 Å². The molecule has 132 valence electrons. The Morgan fingerprint density at radius 3 is 2.92 bits per heavy atom. The molecule has 0 bridgehead atoms. The average Bonchev–Trinajstić information content (AvgIpc) is 2.82. The number of nitrogen functional groups attached to an aromatic ring is 1. The lowest BCUT2D eigenvalue weighted by molar-refractivity contribution is 0.00250. The minimum absolute atomic E-state index is 0.321. The number of anilines is 1.